The fourth-order valence-corrected chi connectivity index (χ4v) is 1.13. The van der Waals surface area contributed by atoms with Crippen LogP contribution in [0.3, 0.4) is 0 Å². The first-order chi connectivity index (χ1) is 7.08. The van der Waals surface area contributed by atoms with Gasteiger partial charge >= 0.3 is 0 Å². The van der Waals surface area contributed by atoms with Gasteiger partial charge in [0, 0.05) is 5.56 Å². The Labute approximate surface area is 97.5 Å². The van der Waals surface area contributed by atoms with Crippen LogP contribution in [0.1, 0.15) is 5.56 Å². The molecule has 0 spiro atoms. The molecule has 1 rings (SSSR count). The maximum Gasteiger partial charge on any atom is 0.104 e. The summed E-state index contributed by atoms with van der Waals surface area (Å²) in [7, 11) is 1.91. The maximum absolute atomic E-state index is 8.60. The average molecular weight is 251 g/mol. The molecule has 92 valence electrons. The summed E-state index contributed by atoms with van der Waals surface area (Å²) in [5, 5.41) is 0. The first-order valence-electron chi connectivity index (χ1n) is 4.55. The van der Waals surface area contributed by atoms with E-state index in [4.69, 9.17) is 18.6 Å². The summed E-state index contributed by atoms with van der Waals surface area (Å²) in [4.78, 5) is 0. The SMILES string of the molecule is C[N+](C)(C)Cc1ccccc1.[O-][Cl+3]([O-])([O-])O. The normalized spacial score (nSPS) is 11.7. The fourth-order valence-electron chi connectivity index (χ4n) is 1.13. The Kier molecular flexibility index (Phi) is 5.88. The number of hydrogen-bond donors (Lipinski definition) is 1. The molecule has 16 heavy (non-hydrogen) atoms. The molecule has 0 atom stereocenters. The van der Waals surface area contributed by atoms with Crippen LogP contribution in [-0.4, -0.2) is 30.3 Å². The number of hydrogen-bond acceptors (Lipinski definition) is 4. The minimum atomic E-state index is -4.69. The molecule has 0 radical (unpaired) electrons. The lowest BCUT2D eigenvalue weighted by Crippen LogP contribution is -2.58. The highest BCUT2D eigenvalue weighted by Gasteiger charge is 2.06. The molecule has 0 aliphatic rings. The van der Waals surface area contributed by atoms with Crippen LogP contribution in [-0.2, 0) is 6.54 Å². The van der Waals surface area contributed by atoms with Crippen molar-refractivity contribution in [1.82, 2.24) is 0 Å². The van der Waals surface area contributed by atoms with Gasteiger partial charge in [-0.3, -0.25) is 0 Å². The molecule has 1 aromatic rings. The van der Waals surface area contributed by atoms with E-state index in [9.17, 15) is 0 Å². The van der Waals surface area contributed by atoms with Crippen LogP contribution >= 0.6 is 0 Å². The van der Waals surface area contributed by atoms with Crippen molar-refractivity contribution in [3.8, 4) is 0 Å². The Morgan fingerprint density at radius 3 is 1.75 bits per heavy atom. The lowest BCUT2D eigenvalue weighted by Gasteiger charge is -2.23. The van der Waals surface area contributed by atoms with Gasteiger partial charge in [-0.05, 0) is 0 Å². The number of halogens is 1. The van der Waals surface area contributed by atoms with Crippen LogP contribution in [0.25, 0.3) is 0 Å². The Balaban J connectivity index is 0.000000385. The van der Waals surface area contributed by atoms with Crippen molar-refractivity contribution in [3.63, 3.8) is 0 Å². The van der Waals surface area contributed by atoms with Crippen LogP contribution in [0.5, 0.6) is 0 Å². The van der Waals surface area contributed by atoms with Gasteiger partial charge in [0.05, 0.1) is 36.0 Å². The zero-order chi connectivity index (χ0) is 12.8. The molecule has 0 saturated heterocycles. The molecule has 0 saturated carbocycles. The lowest BCUT2D eigenvalue weighted by atomic mass is 10.2. The third kappa shape index (κ3) is 13.3. The predicted octanol–water partition coefficient (Wildman–Crippen LogP) is -2.23. The minimum absolute atomic E-state index is 0.990. The summed E-state index contributed by atoms with van der Waals surface area (Å²) in [6, 6.07) is 10.6. The Morgan fingerprint density at radius 1 is 1.06 bits per heavy atom. The lowest BCUT2D eigenvalue weighted by molar-refractivity contribution is -1.92. The van der Waals surface area contributed by atoms with E-state index in [1.807, 2.05) is 0 Å². The van der Waals surface area contributed by atoms with Crippen LogP contribution in [0.15, 0.2) is 30.3 Å². The van der Waals surface area contributed by atoms with E-state index >= 15 is 0 Å². The second-order valence-electron chi connectivity index (χ2n) is 4.33. The predicted molar refractivity (Wildman–Crippen MR) is 50.4 cm³/mol. The van der Waals surface area contributed by atoms with Crippen LogP contribution < -0.4 is 14.0 Å². The monoisotopic (exact) mass is 250 g/mol. The summed E-state index contributed by atoms with van der Waals surface area (Å²) >= 11 is 0. The first kappa shape index (κ1) is 15.3. The van der Waals surface area contributed by atoms with Gasteiger partial charge in [0.15, 0.2) is 0 Å². The van der Waals surface area contributed by atoms with E-state index in [2.05, 4.69) is 51.5 Å². The van der Waals surface area contributed by atoms with Crippen molar-refractivity contribution in [2.45, 2.75) is 6.54 Å². The summed E-state index contributed by atoms with van der Waals surface area (Å²) in [5.41, 5.74) is 1.40. The number of benzene rings is 1. The molecule has 0 aliphatic carbocycles. The van der Waals surface area contributed by atoms with E-state index < -0.39 is 10.2 Å². The first-order valence-corrected chi connectivity index (χ1v) is 5.82. The highest BCUT2D eigenvalue weighted by Crippen LogP contribution is 2.05. The molecular weight excluding hydrogens is 234 g/mol. The average Bonchev–Trinajstić information content (AvgIpc) is 1.99. The molecule has 0 amide bonds. The van der Waals surface area contributed by atoms with Crippen molar-refractivity contribution in [2.24, 2.45) is 0 Å². The molecule has 6 heteroatoms. The van der Waals surface area contributed by atoms with Crippen LogP contribution in [0.2, 0.25) is 0 Å². The Morgan fingerprint density at radius 2 is 1.44 bits per heavy atom. The second kappa shape index (κ2) is 6.15. The van der Waals surface area contributed by atoms with Gasteiger partial charge in [-0.25, -0.2) is 0 Å². The molecule has 0 heterocycles. The minimum Gasteiger partial charge on any atom is -0.327 e. The maximum atomic E-state index is 8.60. The van der Waals surface area contributed by atoms with Gasteiger partial charge in [0.1, 0.15) is 6.54 Å². The van der Waals surface area contributed by atoms with Crippen LogP contribution in [0, 0.1) is 10.2 Å². The molecule has 0 aliphatic heterocycles. The van der Waals surface area contributed by atoms with E-state index in [-0.39, 0.29) is 0 Å². The molecule has 0 bridgehead atoms. The quantitative estimate of drug-likeness (QED) is 0.602. The topological polar surface area (TPSA) is 89.4 Å². The van der Waals surface area contributed by atoms with Crippen LogP contribution in [0.4, 0.5) is 0 Å². The summed E-state index contributed by atoms with van der Waals surface area (Å²) < 4.78 is 33.7. The van der Waals surface area contributed by atoms with Crippen molar-refractivity contribution in [1.29, 1.82) is 0 Å². The molecule has 0 fully saturated rings. The third-order valence-electron chi connectivity index (χ3n) is 1.50. The molecule has 0 aromatic heterocycles. The highest BCUT2D eigenvalue weighted by atomic mass is 35.7. The summed E-state index contributed by atoms with van der Waals surface area (Å²) in [6.45, 7) is 1.10. The second-order valence-corrected chi connectivity index (χ2v) is 5.12. The Bertz CT molecular complexity index is 286. The molecular formula is C10H17ClNO4+. The largest absolute Gasteiger partial charge is 0.327 e. The molecule has 1 N–H and O–H groups in total. The van der Waals surface area contributed by atoms with Gasteiger partial charge in [-0.1, -0.05) is 30.3 Å². The molecule has 5 nitrogen and oxygen atoms in total. The van der Waals surface area contributed by atoms with Gasteiger partial charge in [0.2, 0.25) is 0 Å². The molecule has 1 aromatic carbocycles. The standard InChI is InChI=1S/C10H16N.ClHO4/c1-11(2,3)9-10-7-5-4-6-8-10;2-1(3,4)5/h4-8H,9H2,1-3H3;(H,2,3,4,5)/q+1;. The third-order valence-corrected chi connectivity index (χ3v) is 1.50. The van der Waals surface area contributed by atoms with Gasteiger partial charge in [0.25, 0.3) is 0 Å². The van der Waals surface area contributed by atoms with Gasteiger partial charge < -0.3 is 4.48 Å². The van der Waals surface area contributed by atoms with Gasteiger partial charge in [-0.15, -0.1) is 0 Å². The zero-order valence-corrected chi connectivity index (χ0v) is 10.3. The Hall–Kier alpha value is -0.690. The molecule has 0 unspecified atom stereocenters. The van der Waals surface area contributed by atoms with E-state index in [1.165, 1.54) is 5.56 Å². The van der Waals surface area contributed by atoms with Crippen molar-refractivity contribution in [3.05, 3.63) is 35.9 Å². The van der Waals surface area contributed by atoms with E-state index in [1.54, 1.807) is 0 Å². The number of rotatable bonds is 2. The summed E-state index contributed by atoms with van der Waals surface area (Å²) in [5.74, 6) is 0. The smallest absolute Gasteiger partial charge is 0.104 e. The number of quaternary nitrogens is 1. The highest BCUT2D eigenvalue weighted by molar-refractivity contribution is 5.13. The number of nitrogens with zero attached hydrogens (tertiary/aromatic N) is 1. The zero-order valence-electron chi connectivity index (χ0n) is 9.59. The van der Waals surface area contributed by atoms with Crippen molar-refractivity contribution >= 4 is 0 Å². The van der Waals surface area contributed by atoms with Crippen molar-refractivity contribution in [2.75, 3.05) is 21.1 Å². The van der Waals surface area contributed by atoms with E-state index in [0.717, 1.165) is 11.0 Å². The fraction of sp³-hybridized carbons (Fsp3) is 0.400. The van der Waals surface area contributed by atoms with Crippen molar-refractivity contribution < 1.29 is 33.4 Å². The van der Waals surface area contributed by atoms with Gasteiger partial charge in [-0.2, -0.15) is 14.0 Å². The summed E-state index contributed by atoms with van der Waals surface area (Å²) in [6.07, 6.45) is 0. The van der Waals surface area contributed by atoms with E-state index in [0.29, 0.717) is 0 Å².